The maximum absolute atomic E-state index is 12.3. The molecule has 32 heavy (non-hydrogen) atoms. The molecule has 0 saturated heterocycles. The molecule has 1 aromatic carbocycles. The molecule has 2 rings (SSSR count). The molecule has 0 aliphatic heterocycles. The van der Waals surface area contributed by atoms with Gasteiger partial charge >= 0.3 is 6.09 Å². The van der Waals surface area contributed by atoms with E-state index in [9.17, 15) is 4.79 Å². The van der Waals surface area contributed by atoms with Crippen LogP contribution in [0.1, 0.15) is 59.4 Å². The molecule has 9 heteroatoms. The average Bonchev–Trinajstić information content (AvgIpc) is 3.20. The van der Waals surface area contributed by atoms with Crippen LogP contribution in [0, 0.1) is 0 Å². The van der Waals surface area contributed by atoms with Gasteiger partial charge in [-0.3, -0.25) is 5.32 Å². The van der Waals surface area contributed by atoms with E-state index in [1.807, 2.05) is 37.3 Å². The number of amides is 1. The van der Waals surface area contributed by atoms with Crippen molar-refractivity contribution >= 4 is 48.3 Å². The highest BCUT2D eigenvalue weighted by molar-refractivity contribution is 9.18. The maximum Gasteiger partial charge on any atom is 0.411 e. The first-order valence-corrected chi connectivity index (χ1v) is 12.0. The Morgan fingerprint density at radius 2 is 2.00 bits per heavy atom. The summed E-state index contributed by atoms with van der Waals surface area (Å²) in [6, 6.07) is 7.79. The molecule has 0 unspecified atom stereocenters. The van der Waals surface area contributed by atoms with Crippen LogP contribution in [0.15, 0.2) is 51.0 Å². The van der Waals surface area contributed by atoms with Gasteiger partial charge in [-0.15, -0.1) is 10.2 Å². The minimum Gasteiger partial charge on any atom is -0.444 e. The number of hydrogen-bond acceptors (Lipinski definition) is 6. The summed E-state index contributed by atoms with van der Waals surface area (Å²) in [5, 5.41) is 11.8. The smallest absolute Gasteiger partial charge is 0.411 e. The number of ether oxygens (including phenoxy) is 1. The van der Waals surface area contributed by atoms with E-state index < -0.39 is 11.7 Å². The zero-order valence-corrected chi connectivity index (χ0v) is 22.3. The SMILES string of the molecule is CC/C(C)=C/C(Br)=N/C(=C(\C)NC(=O)OC(C)(C)C)c1nnc(-c2cccc(CBr)c2)o1. The largest absolute Gasteiger partial charge is 0.444 e. The second kappa shape index (κ2) is 11.6. The van der Waals surface area contributed by atoms with Gasteiger partial charge < -0.3 is 9.15 Å². The number of aromatic nitrogens is 2. The van der Waals surface area contributed by atoms with E-state index in [0.29, 0.717) is 27.2 Å². The molecule has 172 valence electrons. The number of allylic oxidation sites excluding steroid dienone is 3. The molecule has 2 aromatic rings. The molecule has 0 bridgehead atoms. The van der Waals surface area contributed by atoms with Gasteiger partial charge in [0.25, 0.3) is 5.89 Å². The number of alkyl carbamates (subject to hydrolysis) is 1. The van der Waals surface area contributed by atoms with E-state index in [1.165, 1.54) is 0 Å². The van der Waals surface area contributed by atoms with Crippen LogP contribution >= 0.6 is 31.9 Å². The first-order chi connectivity index (χ1) is 15.0. The number of aliphatic imine (C=N–C) groups is 1. The van der Waals surface area contributed by atoms with Crippen LogP contribution in [0.5, 0.6) is 0 Å². The monoisotopic (exact) mass is 566 g/mol. The highest BCUT2D eigenvalue weighted by atomic mass is 79.9. The highest BCUT2D eigenvalue weighted by Gasteiger charge is 2.20. The van der Waals surface area contributed by atoms with Crippen LogP contribution in [0.2, 0.25) is 0 Å². The number of carbonyl (C=O) groups excluding carboxylic acids is 1. The second-order valence-corrected chi connectivity index (χ2v) is 9.50. The lowest BCUT2D eigenvalue weighted by Gasteiger charge is -2.20. The van der Waals surface area contributed by atoms with Gasteiger partial charge in [-0.2, -0.15) is 0 Å². The van der Waals surface area contributed by atoms with Crippen LogP contribution in [0.4, 0.5) is 4.79 Å². The standard InChI is InChI=1S/C23H28Br2N4O3/c1-7-14(2)11-18(25)27-19(15(3)26-22(30)32-23(4,5)6)21-29-28-20(31-21)17-10-8-9-16(12-17)13-24/h8-12H,7,13H2,1-6H3,(H,26,30)/b14-11+,19-15+,27-18-. The molecule has 1 amide bonds. The Hall–Kier alpha value is -2.26. The first kappa shape index (κ1) is 26.0. The fourth-order valence-electron chi connectivity index (χ4n) is 2.48. The molecule has 0 radical (unpaired) electrons. The Kier molecular flexibility index (Phi) is 9.39. The Morgan fingerprint density at radius 1 is 1.28 bits per heavy atom. The lowest BCUT2D eigenvalue weighted by Crippen LogP contribution is -2.31. The quantitative estimate of drug-likeness (QED) is 0.287. The molecule has 1 aromatic heterocycles. The summed E-state index contributed by atoms with van der Waals surface area (Å²) >= 11 is 6.92. The molecule has 0 spiro atoms. The summed E-state index contributed by atoms with van der Waals surface area (Å²) in [5.74, 6) is 0.536. The summed E-state index contributed by atoms with van der Waals surface area (Å²) in [7, 11) is 0. The van der Waals surface area contributed by atoms with Gasteiger partial charge in [0, 0.05) is 16.6 Å². The Balaban J connectivity index is 2.48. The lowest BCUT2D eigenvalue weighted by atomic mass is 10.1. The van der Waals surface area contributed by atoms with Crippen molar-refractivity contribution < 1.29 is 13.9 Å². The summed E-state index contributed by atoms with van der Waals surface area (Å²) in [5.41, 5.74) is 3.13. The molecule has 1 heterocycles. The highest BCUT2D eigenvalue weighted by Crippen LogP contribution is 2.26. The van der Waals surface area contributed by atoms with Crippen molar-refractivity contribution in [2.45, 2.75) is 58.9 Å². The molecule has 0 aliphatic rings. The Bertz CT molecular complexity index is 1050. The predicted octanol–water partition coefficient (Wildman–Crippen LogP) is 6.99. The average molecular weight is 568 g/mol. The van der Waals surface area contributed by atoms with E-state index in [-0.39, 0.29) is 5.89 Å². The molecule has 0 saturated carbocycles. The van der Waals surface area contributed by atoms with Crippen molar-refractivity contribution in [1.29, 1.82) is 0 Å². The molecule has 0 fully saturated rings. The third kappa shape index (κ3) is 8.02. The van der Waals surface area contributed by atoms with Gasteiger partial charge in [0.05, 0.1) is 0 Å². The lowest BCUT2D eigenvalue weighted by molar-refractivity contribution is 0.0546. The number of benzene rings is 1. The third-order valence-electron chi connectivity index (χ3n) is 4.14. The topological polar surface area (TPSA) is 89.6 Å². The van der Waals surface area contributed by atoms with Crippen molar-refractivity contribution in [2.24, 2.45) is 4.99 Å². The van der Waals surface area contributed by atoms with Gasteiger partial charge in [0.2, 0.25) is 5.89 Å². The van der Waals surface area contributed by atoms with Crippen LogP contribution in [-0.4, -0.2) is 26.5 Å². The zero-order chi connectivity index (χ0) is 23.9. The fourth-order valence-corrected chi connectivity index (χ4v) is 3.39. The summed E-state index contributed by atoms with van der Waals surface area (Å²) in [4.78, 5) is 16.9. The second-order valence-electron chi connectivity index (χ2n) is 8.13. The third-order valence-corrected chi connectivity index (χ3v) is 5.19. The van der Waals surface area contributed by atoms with Crippen molar-refractivity contribution in [3.8, 4) is 11.5 Å². The Labute approximate surface area is 205 Å². The normalized spacial score (nSPS) is 13.6. The van der Waals surface area contributed by atoms with E-state index >= 15 is 0 Å². The summed E-state index contributed by atoms with van der Waals surface area (Å²) < 4.78 is 11.9. The van der Waals surface area contributed by atoms with Gasteiger partial charge in [-0.05, 0) is 80.7 Å². The van der Waals surface area contributed by atoms with Gasteiger partial charge in [-0.25, -0.2) is 9.79 Å². The zero-order valence-electron chi connectivity index (χ0n) is 19.1. The van der Waals surface area contributed by atoms with Crippen LogP contribution in [0.25, 0.3) is 17.2 Å². The maximum atomic E-state index is 12.3. The summed E-state index contributed by atoms with van der Waals surface area (Å²) in [6.45, 7) is 11.2. The van der Waals surface area contributed by atoms with Crippen LogP contribution in [-0.2, 0) is 10.1 Å². The number of nitrogens with one attached hydrogen (secondary N) is 1. The van der Waals surface area contributed by atoms with Crippen molar-refractivity contribution in [1.82, 2.24) is 15.5 Å². The van der Waals surface area contributed by atoms with Gasteiger partial charge in [0.15, 0.2) is 0 Å². The molecular formula is C23H28Br2N4O3. The number of halogens is 2. The van der Waals surface area contributed by atoms with Gasteiger partial charge in [-0.1, -0.05) is 40.6 Å². The first-order valence-electron chi connectivity index (χ1n) is 10.1. The molecule has 0 aliphatic carbocycles. The molecular weight excluding hydrogens is 540 g/mol. The minimum atomic E-state index is -0.632. The number of nitrogens with zero attached hydrogens (tertiary/aromatic N) is 3. The van der Waals surface area contributed by atoms with Crippen molar-refractivity contribution in [2.75, 3.05) is 0 Å². The van der Waals surface area contributed by atoms with E-state index in [0.717, 1.165) is 23.1 Å². The molecule has 7 nitrogen and oxygen atoms in total. The number of rotatable bonds is 7. The van der Waals surface area contributed by atoms with Crippen LogP contribution in [0.3, 0.4) is 0 Å². The number of carbonyl (C=O) groups is 1. The fraction of sp³-hybridized carbons (Fsp3) is 0.391. The number of hydrogen-bond donors (Lipinski definition) is 1. The van der Waals surface area contributed by atoms with Crippen molar-refractivity contribution in [3.05, 3.63) is 53.1 Å². The Morgan fingerprint density at radius 3 is 2.62 bits per heavy atom. The van der Waals surface area contributed by atoms with Crippen molar-refractivity contribution in [3.63, 3.8) is 0 Å². The predicted molar refractivity (Wildman–Crippen MR) is 135 cm³/mol. The van der Waals surface area contributed by atoms with E-state index in [1.54, 1.807) is 27.7 Å². The van der Waals surface area contributed by atoms with E-state index in [4.69, 9.17) is 9.15 Å². The molecule has 1 N–H and O–H groups in total. The summed E-state index contributed by atoms with van der Waals surface area (Å²) in [6.07, 6.45) is 2.19. The molecule has 0 atom stereocenters. The van der Waals surface area contributed by atoms with E-state index in [2.05, 4.69) is 59.3 Å². The van der Waals surface area contributed by atoms with Gasteiger partial charge in [0.1, 0.15) is 15.9 Å². The number of alkyl halides is 1. The van der Waals surface area contributed by atoms with Crippen LogP contribution < -0.4 is 5.32 Å². The minimum absolute atomic E-state index is 0.178.